The van der Waals surface area contributed by atoms with Gasteiger partial charge >= 0.3 is 0 Å². The van der Waals surface area contributed by atoms with Crippen molar-refractivity contribution in [1.29, 1.82) is 0 Å². The Morgan fingerprint density at radius 1 is 1.19 bits per heavy atom. The van der Waals surface area contributed by atoms with Crippen LogP contribution in [0.5, 0.6) is 5.75 Å². The van der Waals surface area contributed by atoms with Crippen molar-refractivity contribution in [1.82, 2.24) is 10.6 Å². The van der Waals surface area contributed by atoms with Gasteiger partial charge in [0.1, 0.15) is 11.4 Å². The summed E-state index contributed by atoms with van der Waals surface area (Å²) in [6, 6.07) is 18.1. The van der Waals surface area contributed by atoms with E-state index in [1.807, 2.05) is 55.5 Å². The first-order chi connectivity index (χ1) is 14.5. The first-order valence-corrected chi connectivity index (χ1v) is 10.6. The van der Waals surface area contributed by atoms with Crippen molar-refractivity contribution >= 4 is 29.9 Å². The summed E-state index contributed by atoms with van der Waals surface area (Å²) >= 11 is 0. The van der Waals surface area contributed by atoms with Crippen LogP contribution in [0.1, 0.15) is 44.4 Å². The fraction of sp³-hybridized carbons (Fsp3) is 0.458. The number of aliphatic imine (C=N–C) groups is 1. The number of benzene rings is 2. The predicted molar refractivity (Wildman–Crippen MR) is 135 cm³/mol. The Hall–Kier alpha value is -1.84. The Labute approximate surface area is 202 Å². The SMILES string of the molecule is CCNC(=NCC(O)COCc1ccccc1)NC1CC(C)(C)Oc2ccccc21.I. The maximum absolute atomic E-state index is 10.3. The van der Waals surface area contributed by atoms with Crippen LogP contribution in [-0.4, -0.2) is 42.5 Å². The lowest BCUT2D eigenvalue weighted by molar-refractivity contribution is 0.0330. The van der Waals surface area contributed by atoms with E-state index in [1.165, 1.54) is 0 Å². The molecule has 170 valence electrons. The Morgan fingerprint density at radius 3 is 2.65 bits per heavy atom. The summed E-state index contributed by atoms with van der Waals surface area (Å²) in [5.41, 5.74) is 1.94. The fourth-order valence-electron chi connectivity index (χ4n) is 3.55. The number of rotatable bonds is 8. The van der Waals surface area contributed by atoms with Crippen LogP contribution in [0.3, 0.4) is 0 Å². The molecule has 2 aromatic rings. The highest BCUT2D eigenvalue weighted by Crippen LogP contribution is 2.39. The lowest BCUT2D eigenvalue weighted by Crippen LogP contribution is -2.45. The number of hydrogen-bond acceptors (Lipinski definition) is 4. The lowest BCUT2D eigenvalue weighted by Gasteiger charge is -2.38. The molecule has 2 unspecified atom stereocenters. The number of guanidine groups is 1. The van der Waals surface area contributed by atoms with E-state index < -0.39 is 6.10 Å². The Kier molecular flexibility index (Phi) is 10.1. The number of ether oxygens (including phenoxy) is 2. The monoisotopic (exact) mass is 539 g/mol. The van der Waals surface area contributed by atoms with Crippen molar-refractivity contribution in [2.75, 3.05) is 19.7 Å². The second-order valence-corrected chi connectivity index (χ2v) is 8.17. The summed E-state index contributed by atoms with van der Waals surface area (Å²) in [6.07, 6.45) is 0.152. The number of nitrogens with zero attached hydrogens (tertiary/aromatic N) is 1. The number of nitrogens with one attached hydrogen (secondary N) is 2. The quantitative estimate of drug-likeness (QED) is 0.268. The molecule has 6 nitrogen and oxygen atoms in total. The van der Waals surface area contributed by atoms with E-state index in [0.29, 0.717) is 12.6 Å². The highest BCUT2D eigenvalue weighted by atomic mass is 127. The number of hydrogen-bond donors (Lipinski definition) is 3. The van der Waals surface area contributed by atoms with Crippen molar-refractivity contribution in [3.63, 3.8) is 0 Å². The van der Waals surface area contributed by atoms with Crippen molar-refractivity contribution in [2.45, 2.75) is 51.5 Å². The number of aliphatic hydroxyl groups is 1. The molecule has 31 heavy (non-hydrogen) atoms. The minimum atomic E-state index is -0.664. The highest BCUT2D eigenvalue weighted by molar-refractivity contribution is 14.0. The van der Waals surface area contributed by atoms with E-state index in [2.05, 4.69) is 35.5 Å². The van der Waals surface area contributed by atoms with E-state index in [-0.39, 0.29) is 48.8 Å². The van der Waals surface area contributed by atoms with E-state index in [9.17, 15) is 5.11 Å². The van der Waals surface area contributed by atoms with Gasteiger partial charge in [0.25, 0.3) is 0 Å². The summed E-state index contributed by atoms with van der Waals surface area (Å²) in [6.45, 7) is 7.93. The van der Waals surface area contributed by atoms with Crippen LogP contribution in [0.4, 0.5) is 0 Å². The van der Waals surface area contributed by atoms with Crippen molar-refractivity contribution in [2.24, 2.45) is 4.99 Å². The van der Waals surface area contributed by atoms with Crippen LogP contribution < -0.4 is 15.4 Å². The average Bonchev–Trinajstić information content (AvgIpc) is 2.72. The van der Waals surface area contributed by atoms with Gasteiger partial charge in [0.15, 0.2) is 5.96 Å². The minimum Gasteiger partial charge on any atom is -0.487 e. The second-order valence-electron chi connectivity index (χ2n) is 8.17. The number of para-hydroxylation sites is 1. The third kappa shape index (κ3) is 7.97. The third-order valence-electron chi connectivity index (χ3n) is 4.91. The standard InChI is InChI=1S/C24H33N3O3.HI/c1-4-25-23(26-15-19(28)17-29-16-18-10-6-5-7-11-18)27-21-14-24(2,3)30-22-13-9-8-12-20(21)22;/h5-13,19,21,28H,4,14-17H2,1-3H3,(H2,25,26,27);1H. The van der Waals surface area contributed by atoms with Gasteiger partial charge in [-0.3, -0.25) is 4.99 Å². The fourth-order valence-corrected chi connectivity index (χ4v) is 3.55. The largest absolute Gasteiger partial charge is 0.487 e. The average molecular weight is 539 g/mol. The van der Waals surface area contributed by atoms with Gasteiger partial charge in [-0.1, -0.05) is 48.5 Å². The van der Waals surface area contributed by atoms with Crippen LogP contribution >= 0.6 is 24.0 Å². The molecule has 2 atom stereocenters. The summed E-state index contributed by atoms with van der Waals surface area (Å²) in [7, 11) is 0. The Balaban J connectivity index is 0.00000341. The Bertz CT molecular complexity index is 830. The molecule has 3 N–H and O–H groups in total. The molecule has 0 fully saturated rings. The van der Waals surface area contributed by atoms with Crippen LogP contribution in [0.25, 0.3) is 0 Å². The van der Waals surface area contributed by atoms with Gasteiger partial charge in [-0.15, -0.1) is 24.0 Å². The zero-order valence-corrected chi connectivity index (χ0v) is 20.8. The number of aliphatic hydroxyl groups excluding tert-OH is 1. The maximum atomic E-state index is 10.3. The molecule has 0 saturated heterocycles. The Morgan fingerprint density at radius 2 is 1.90 bits per heavy atom. The molecule has 0 amide bonds. The molecule has 0 saturated carbocycles. The molecule has 3 rings (SSSR count). The highest BCUT2D eigenvalue weighted by Gasteiger charge is 2.33. The molecule has 0 aromatic heterocycles. The minimum absolute atomic E-state index is 0. The molecule has 1 aliphatic rings. The van der Waals surface area contributed by atoms with E-state index in [4.69, 9.17) is 9.47 Å². The van der Waals surface area contributed by atoms with Crippen molar-refractivity contribution in [3.8, 4) is 5.75 Å². The topological polar surface area (TPSA) is 75.1 Å². The van der Waals surface area contributed by atoms with Gasteiger partial charge in [0.2, 0.25) is 0 Å². The smallest absolute Gasteiger partial charge is 0.191 e. The molecular formula is C24H34IN3O3. The predicted octanol–water partition coefficient (Wildman–Crippen LogP) is 4.04. The molecule has 1 aliphatic heterocycles. The second kappa shape index (κ2) is 12.3. The van der Waals surface area contributed by atoms with Gasteiger partial charge in [0, 0.05) is 18.5 Å². The summed E-state index contributed by atoms with van der Waals surface area (Å²) < 4.78 is 11.7. The molecule has 0 radical (unpaired) electrons. The number of halogens is 1. The van der Waals surface area contributed by atoms with E-state index in [0.717, 1.165) is 29.8 Å². The van der Waals surface area contributed by atoms with Gasteiger partial charge in [-0.2, -0.15) is 0 Å². The first-order valence-electron chi connectivity index (χ1n) is 10.6. The molecular weight excluding hydrogens is 505 g/mol. The summed E-state index contributed by atoms with van der Waals surface area (Å²) in [4.78, 5) is 4.58. The van der Waals surface area contributed by atoms with Crippen molar-refractivity contribution in [3.05, 3.63) is 65.7 Å². The summed E-state index contributed by atoms with van der Waals surface area (Å²) in [5.74, 6) is 1.58. The van der Waals surface area contributed by atoms with E-state index in [1.54, 1.807) is 0 Å². The van der Waals surface area contributed by atoms with Gasteiger partial charge in [0.05, 0.1) is 31.9 Å². The molecule has 0 bridgehead atoms. The van der Waals surface area contributed by atoms with Gasteiger partial charge in [-0.25, -0.2) is 0 Å². The lowest BCUT2D eigenvalue weighted by atomic mass is 9.90. The third-order valence-corrected chi connectivity index (χ3v) is 4.91. The van der Waals surface area contributed by atoms with Crippen LogP contribution in [0.2, 0.25) is 0 Å². The van der Waals surface area contributed by atoms with E-state index >= 15 is 0 Å². The first kappa shape index (κ1) is 25.4. The number of fused-ring (bicyclic) bond motifs is 1. The summed E-state index contributed by atoms with van der Waals surface area (Å²) in [5, 5.41) is 17.1. The van der Waals surface area contributed by atoms with Crippen LogP contribution in [0.15, 0.2) is 59.6 Å². The molecule has 0 spiro atoms. The van der Waals surface area contributed by atoms with Gasteiger partial charge in [-0.05, 0) is 32.4 Å². The molecule has 7 heteroatoms. The molecule has 1 heterocycles. The van der Waals surface area contributed by atoms with Crippen LogP contribution in [0, 0.1) is 0 Å². The maximum Gasteiger partial charge on any atom is 0.191 e. The van der Waals surface area contributed by atoms with Crippen LogP contribution in [-0.2, 0) is 11.3 Å². The molecule has 2 aromatic carbocycles. The van der Waals surface area contributed by atoms with Crippen molar-refractivity contribution < 1.29 is 14.6 Å². The zero-order valence-electron chi connectivity index (χ0n) is 18.5. The zero-order chi connectivity index (χ0) is 21.4. The normalized spacial score (nSPS) is 18.2. The molecule has 0 aliphatic carbocycles. The van der Waals surface area contributed by atoms with Gasteiger partial charge < -0.3 is 25.2 Å².